The maximum atomic E-state index is 10.0. The van der Waals surface area contributed by atoms with Crippen LogP contribution in [0.5, 0.6) is 0 Å². The van der Waals surface area contributed by atoms with E-state index in [4.69, 9.17) is 20.6 Å². The quantitative estimate of drug-likeness (QED) is 0.169. The summed E-state index contributed by atoms with van der Waals surface area (Å²) < 4.78 is 6.31. The molecule has 0 radical (unpaired) electrons. The molecule has 0 saturated carbocycles. The minimum atomic E-state index is -1.55. The van der Waals surface area contributed by atoms with E-state index in [2.05, 4.69) is 94.5 Å². The number of carbonyl (C=O) groups excluding carboxylic acids is 2. The number of rotatable bonds is 6. The molecule has 236 valence electrons. The molecule has 0 bridgehead atoms. The SMILES string of the molecule is CC#N.Cc1cc(-c2ccccc2)nn1[BH-](n1nc(-c2ccccc2)cc1C)n1nc(-c2ccccc2)cc1C.O=C1CSC(=O)[N-]1.[Zn+2]. The molecule has 0 N–H and O–H groups in total. The third-order valence-corrected chi connectivity index (χ3v) is 8.22. The number of aromatic nitrogens is 6. The molecule has 1 fully saturated rings. The van der Waals surface area contributed by atoms with Gasteiger partial charge in [0, 0.05) is 29.4 Å². The van der Waals surface area contributed by atoms with Gasteiger partial charge in [-0.2, -0.15) is 5.26 Å². The van der Waals surface area contributed by atoms with Crippen molar-refractivity contribution in [3.63, 3.8) is 0 Å². The van der Waals surface area contributed by atoms with E-state index in [-0.39, 0.29) is 36.4 Å². The van der Waals surface area contributed by atoms with Crippen LogP contribution >= 0.6 is 11.8 Å². The van der Waals surface area contributed by atoms with Crippen LogP contribution in [0.1, 0.15) is 24.0 Å². The molecule has 0 unspecified atom stereocenters. The van der Waals surface area contributed by atoms with Crippen LogP contribution in [0.15, 0.2) is 109 Å². The minimum absolute atomic E-state index is 0. The molecule has 6 aromatic rings. The van der Waals surface area contributed by atoms with Gasteiger partial charge >= 0.3 is 26.6 Å². The number of benzene rings is 3. The van der Waals surface area contributed by atoms with Gasteiger partial charge in [0.25, 0.3) is 0 Å². The second-order valence-electron chi connectivity index (χ2n) is 10.8. The van der Waals surface area contributed by atoms with Crippen molar-refractivity contribution in [1.82, 2.24) is 29.1 Å². The molecule has 0 aliphatic carbocycles. The number of imide groups is 1. The molecular formula is C35H33BN8O2SZn. The predicted molar refractivity (Wildman–Crippen MR) is 188 cm³/mol. The summed E-state index contributed by atoms with van der Waals surface area (Å²) in [5.41, 5.74) is 9.28. The van der Waals surface area contributed by atoms with E-state index in [9.17, 15) is 9.59 Å². The summed E-state index contributed by atoms with van der Waals surface area (Å²) in [6, 6.07) is 39.1. The molecule has 0 atom stereocenters. The molecule has 10 nitrogen and oxygen atoms in total. The molecule has 3 aromatic carbocycles. The summed E-state index contributed by atoms with van der Waals surface area (Å²) >= 11 is 0.950. The van der Waals surface area contributed by atoms with Crippen molar-refractivity contribution >= 4 is 30.0 Å². The summed E-state index contributed by atoms with van der Waals surface area (Å²) in [5, 5.41) is 25.4. The fraction of sp³-hybridized carbons (Fsp3) is 0.143. The first kappa shape index (κ1) is 35.8. The predicted octanol–water partition coefficient (Wildman–Crippen LogP) is 7.15. The minimum Gasteiger partial charge on any atom is -0.586 e. The molecule has 3 aromatic heterocycles. The Morgan fingerprint density at radius 3 is 1.21 bits per heavy atom. The zero-order chi connectivity index (χ0) is 33.3. The summed E-state index contributed by atoms with van der Waals surface area (Å²) in [5.74, 6) is -0.0752. The third kappa shape index (κ3) is 8.45. The number of carbonyl (C=O) groups is 2. The number of amides is 2. The fourth-order valence-corrected chi connectivity index (χ4v) is 5.79. The van der Waals surface area contributed by atoms with E-state index in [0.717, 1.165) is 62.6 Å². The summed E-state index contributed by atoms with van der Waals surface area (Å²) in [6.07, 6.45) is 0. The second-order valence-corrected chi connectivity index (χ2v) is 11.7. The van der Waals surface area contributed by atoms with E-state index >= 15 is 0 Å². The zero-order valence-electron chi connectivity index (χ0n) is 27.3. The van der Waals surface area contributed by atoms with Crippen LogP contribution in [0, 0.1) is 32.1 Å². The maximum absolute atomic E-state index is 10.0. The molecule has 1 saturated heterocycles. The Kier molecular flexibility index (Phi) is 12.4. The molecule has 48 heavy (non-hydrogen) atoms. The Morgan fingerprint density at radius 2 is 0.979 bits per heavy atom. The van der Waals surface area contributed by atoms with Crippen molar-refractivity contribution in [3.05, 3.63) is 132 Å². The average molecular weight is 706 g/mol. The Balaban J connectivity index is 0.000000411. The van der Waals surface area contributed by atoms with Crippen LogP contribution < -0.4 is 0 Å². The van der Waals surface area contributed by atoms with Crippen LogP contribution in [0.25, 0.3) is 39.1 Å². The molecule has 0 spiro atoms. The largest absolute Gasteiger partial charge is 2.00 e. The van der Waals surface area contributed by atoms with Gasteiger partial charge in [-0.1, -0.05) is 91.0 Å². The normalized spacial score (nSPS) is 11.8. The standard InChI is InChI=1S/C30H28BN6.C3H3NO2S.C2H3N.Zn/c1-22-19-28(25-13-7-4-8-14-25)32-35(22)31(36-23(2)20-29(33-36)26-15-9-5-10-16-26)37-24(3)21-30(34-37)27-17-11-6-12-18-27;5-2-1-7-3(6)4-2;1-2-3;/h4-21,31H,1-3H3;1H2,(H,4,5,6);1H3;/q-1;;;+2/p-1. The Bertz CT molecular complexity index is 1810. The Morgan fingerprint density at radius 1 is 0.667 bits per heavy atom. The number of nitriles is 1. The van der Waals surface area contributed by atoms with E-state index in [1.165, 1.54) is 6.92 Å². The Hall–Kier alpha value is -5.04. The van der Waals surface area contributed by atoms with Gasteiger partial charge in [0.15, 0.2) is 0 Å². The average Bonchev–Trinajstić information content (AvgIpc) is 3.87. The van der Waals surface area contributed by atoms with E-state index in [1.807, 2.05) is 54.6 Å². The van der Waals surface area contributed by atoms with Crippen molar-refractivity contribution < 1.29 is 29.1 Å². The smallest absolute Gasteiger partial charge is 0.586 e. The summed E-state index contributed by atoms with van der Waals surface area (Å²) in [6.45, 7) is 7.74. The number of thioether (sulfide) groups is 1. The van der Waals surface area contributed by atoms with Gasteiger partial charge in [-0.3, -0.25) is 0 Å². The van der Waals surface area contributed by atoms with Gasteiger partial charge in [-0.15, -0.1) is 11.8 Å². The van der Waals surface area contributed by atoms with Gasteiger partial charge in [0.2, 0.25) is 0 Å². The molecule has 7 rings (SSSR count). The van der Waals surface area contributed by atoms with Crippen LogP contribution in [0.4, 0.5) is 4.79 Å². The Labute approximate surface area is 297 Å². The zero-order valence-corrected chi connectivity index (χ0v) is 31.1. The molecule has 4 heterocycles. The van der Waals surface area contributed by atoms with E-state index in [1.54, 1.807) is 6.07 Å². The van der Waals surface area contributed by atoms with Crippen LogP contribution in [-0.2, 0) is 24.3 Å². The van der Waals surface area contributed by atoms with Gasteiger partial charge in [-0.05, 0) is 56.1 Å². The van der Waals surface area contributed by atoms with Crippen molar-refractivity contribution in [1.29, 1.82) is 5.26 Å². The van der Waals surface area contributed by atoms with Crippen molar-refractivity contribution in [2.45, 2.75) is 27.7 Å². The van der Waals surface area contributed by atoms with Crippen molar-refractivity contribution in [2.24, 2.45) is 0 Å². The third-order valence-electron chi connectivity index (χ3n) is 7.49. The van der Waals surface area contributed by atoms with E-state index < -0.39 is 7.12 Å². The van der Waals surface area contributed by atoms with Gasteiger partial charge in [0.05, 0.1) is 29.1 Å². The first-order valence-electron chi connectivity index (χ1n) is 15.0. The molecule has 1 aliphatic rings. The molecular weight excluding hydrogens is 673 g/mol. The van der Waals surface area contributed by atoms with E-state index in [0.29, 0.717) is 0 Å². The summed E-state index contributed by atoms with van der Waals surface area (Å²) in [7, 11) is -1.55. The number of hydrogen-bond acceptors (Lipinski definition) is 7. The van der Waals surface area contributed by atoms with Gasteiger partial charge in [-0.25, -0.2) is 15.3 Å². The van der Waals surface area contributed by atoms with Crippen LogP contribution in [0.3, 0.4) is 0 Å². The summed E-state index contributed by atoms with van der Waals surface area (Å²) in [4.78, 5) is 20.1. The number of aryl methyl sites for hydroxylation is 3. The monoisotopic (exact) mass is 704 g/mol. The molecule has 2 amide bonds. The first-order valence-corrected chi connectivity index (χ1v) is 16.0. The van der Waals surface area contributed by atoms with Gasteiger partial charge in [0.1, 0.15) is 5.24 Å². The molecule has 13 heteroatoms. The number of nitrogens with zero attached hydrogens (tertiary/aromatic N) is 8. The first-order chi connectivity index (χ1) is 22.8. The molecule has 1 aliphatic heterocycles. The van der Waals surface area contributed by atoms with Crippen LogP contribution in [-0.4, -0.2) is 53.1 Å². The van der Waals surface area contributed by atoms with Gasteiger partial charge < -0.3 is 28.7 Å². The number of hydrogen-bond donors (Lipinski definition) is 0. The topological polar surface area (TPSA) is 125 Å². The maximum Gasteiger partial charge on any atom is 2.00 e. The fourth-order valence-electron chi connectivity index (χ4n) is 5.31. The van der Waals surface area contributed by atoms with Crippen molar-refractivity contribution in [2.75, 3.05) is 5.75 Å². The van der Waals surface area contributed by atoms with Crippen LogP contribution in [0.2, 0.25) is 0 Å². The second kappa shape index (κ2) is 16.7. The van der Waals surface area contributed by atoms with Crippen molar-refractivity contribution in [3.8, 4) is 39.8 Å².